The number of rotatable bonds is 2. The molecule has 0 aliphatic carbocycles. The number of carbonyl (C=O) groups is 2. The first-order valence-corrected chi connectivity index (χ1v) is 7.98. The predicted octanol–water partition coefficient (Wildman–Crippen LogP) is 1.01. The van der Waals surface area contributed by atoms with Crippen molar-refractivity contribution < 1.29 is 18.0 Å². The Kier molecular flexibility index (Phi) is 2.93. The molecular weight excluding hydrogens is 314 g/mol. The number of sulfonamides is 1. The number of hydrogen-bond donors (Lipinski definition) is 1. The number of fused-ring (bicyclic) bond motifs is 1. The van der Waals surface area contributed by atoms with E-state index < -0.39 is 28.5 Å². The molecule has 1 saturated heterocycles. The van der Waals surface area contributed by atoms with E-state index in [0.29, 0.717) is 20.0 Å². The molecular formula is C12H7N3O4S2. The molecule has 1 aromatic carbocycles. The SMILES string of the molecule is N#Cc1ccc2sc(S(=O)(=O)N3CC(=O)NC3=O)cc2c1. The van der Waals surface area contributed by atoms with Gasteiger partial charge in [-0.2, -0.15) is 5.26 Å². The van der Waals surface area contributed by atoms with Gasteiger partial charge in [0.15, 0.2) is 0 Å². The molecule has 2 aromatic rings. The van der Waals surface area contributed by atoms with Crippen molar-refractivity contribution in [2.24, 2.45) is 0 Å². The van der Waals surface area contributed by atoms with E-state index in [1.165, 1.54) is 6.07 Å². The number of nitriles is 1. The van der Waals surface area contributed by atoms with E-state index in [1.54, 1.807) is 18.2 Å². The molecule has 0 radical (unpaired) electrons. The Balaban J connectivity index is 2.09. The van der Waals surface area contributed by atoms with E-state index in [9.17, 15) is 18.0 Å². The number of benzene rings is 1. The first-order valence-electron chi connectivity index (χ1n) is 5.72. The molecule has 1 aromatic heterocycles. The second kappa shape index (κ2) is 4.54. The summed E-state index contributed by atoms with van der Waals surface area (Å²) in [4.78, 5) is 22.6. The molecule has 0 atom stereocenters. The molecule has 1 fully saturated rings. The van der Waals surface area contributed by atoms with Gasteiger partial charge in [0.05, 0.1) is 11.6 Å². The van der Waals surface area contributed by atoms with Crippen LogP contribution < -0.4 is 5.32 Å². The lowest BCUT2D eigenvalue weighted by atomic mass is 10.2. The fourth-order valence-corrected chi connectivity index (χ4v) is 4.72. The highest BCUT2D eigenvalue weighted by Gasteiger charge is 2.38. The molecule has 3 rings (SSSR count). The van der Waals surface area contributed by atoms with Gasteiger partial charge in [0.2, 0.25) is 5.91 Å². The number of amides is 3. The fourth-order valence-electron chi connectivity index (χ4n) is 1.94. The van der Waals surface area contributed by atoms with Crippen molar-refractivity contribution in [3.63, 3.8) is 0 Å². The van der Waals surface area contributed by atoms with Crippen molar-refractivity contribution in [3.8, 4) is 6.07 Å². The quantitative estimate of drug-likeness (QED) is 0.831. The molecule has 7 nitrogen and oxygen atoms in total. The van der Waals surface area contributed by atoms with Crippen molar-refractivity contribution in [2.45, 2.75) is 4.21 Å². The molecule has 2 heterocycles. The summed E-state index contributed by atoms with van der Waals surface area (Å²) >= 11 is 0.983. The molecule has 3 amide bonds. The van der Waals surface area contributed by atoms with Gasteiger partial charge in [0, 0.05) is 4.70 Å². The highest BCUT2D eigenvalue weighted by Crippen LogP contribution is 2.32. The number of hydrogen-bond acceptors (Lipinski definition) is 6. The summed E-state index contributed by atoms with van der Waals surface area (Å²) in [6.45, 7) is -0.515. The first kappa shape index (κ1) is 13.5. The zero-order valence-corrected chi connectivity index (χ0v) is 12.0. The number of nitrogens with one attached hydrogen (secondary N) is 1. The van der Waals surface area contributed by atoms with Gasteiger partial charge in [-0.1, -0.05) is 0 Å². The Morgan fingerprint density at radius 3 is 2.67 bits per heavy atom. The molecule has 21 heavy (non-hydrogen) atoms. The Morgan fingerprint density at radius 1 is 1.29 bits per heavy atom. The number of urea groups is 1. The third kappa shape index (κ3) is 2.14. The van der Waals surface area contributed by atoms with Crippen LogP contribution in [0.15, 0.2) is 28.5 Å². The number of nitrogens with zero attached hydrogens (tertiary/aromatic N) is 2. The molecule has 106 valence electrons. The Bertz CT molecular complexity index is 924. The lowest BCUT2D eigenvalue weighted by Gasteiger charge is -2.11. The largest absolute Gasteiger partial charge is 0.338 e. The van der Waals surface area contributed by atoms with Crippen LogP contribution in [0, 0.1) is 11.3 Å². The van der Waals surface area contributed by atoms with Crippen LogP contribution in [0.5, 0.6) is 0 Å². The minimum absolute atomic E-state index is 0.0440. The van der Waals surface area contributed by atoms with Crippen LogP contribution in [0.3, 0.4) is 0 Å². The molecule has 0 spiro atoms. The van der Waals surface area contributed by atoms with Crippen LogP contribution in [0.4, 0.5) is 4.79 Å². The van der Waals surface area contributed by atoms with Crippen molar-refractivity contribution in [3.05, 3.63) is 29.8 Å². The van der Waals surface area contributed by atoms with Crippen LogP contribution >= 0.6 is 11.3 Å². The van der Waals surface area contributed by atoms with Gasteiger partial charge in [-0.3, -0.25) is 10.1 Å². The highest BCUT2D eigenvalue weighted by atomic mass is 32.2. The maximum Gasteiger partial charge on any atom is 0.338 e. The lowest BCUT2D eigenvalue weighted by molar-refractivity contribution is -0.118. The number of carbonyl (C=O) groups excluding carboxylic acids is 2. The normalized spacial score (nSPS) is 15.3. The molecule has 1 aliphatic rings. The average molecular weight is 321 g/mol. The molecule has 9 heteroatoms. The summed E-state index contributed by atoms with van der Waals surface area (Å²) in [6.07, 6.45) is 0. The molecule has 1 aliphatic heterocycles. The third-order valence-corrected chi connectivity index (χ3v) is 6.22. The van der Waals surface area contributed by atoms with Crippen LogP contribution in [0.25, 0.3) is 10.1 Å². The maximum atomic E-state index is 12.4. The van der Waals surface area contributed by atoms with Crippen LogP contribution in [-0.2, 0) is 14.8 Å². The number of imide groups is 1. The standard InChI is InChI=1S/C12H7N3O4S2/c13-5-7-1-2-9-8(3-7)4-11(20-9)21(18,19)15-6-10(16)14-12(15)17/h1-4H,6H2,(H,14,16,17). The minimum Gasteiger partial charge on any atom is -0.275 e. The number of thiophene rings is 1. The smallest absolute Gasteiger partial charge is 0.275 e. The van der Waals surface area contributed by atoms with Crippen molar-refractivity contribution in [2.75, 3.05) is 6.54 Å². The molecule has 0 saturated carbocycles. The van der Waals surface area contributed by atoms with E-state index in [1.807, 2.05) is 11.4 Å². The Hall–Kier alpha value is -2.44. The summed E-state index contributed by atoms with van der Waals surface area (Å²) in [5.74, 6) is -0.656. The van der Waals surface area contributed by atoms with Crippen LogP contribution in [-0.4, -0.2) is 31.2 Å². The van der Waals surface area contributed by atoms with E-state index in [0.717, 1.165) is 11.3 Å². The highest BCUT2D eigenvalue weighted by molar-refractivity contribution is 7.92. The molecule has 0 bridgehead atoms. The fraction of sp³-hybridized carbons (Fsp3) is 0.0833. The second-order valence-electron chi connectivity index (χ2n) is 4.29. The lowest BCUT2D eigenvalue weighted by Crippen LogP contribution is -2.33. The van der Waals surface area contributed by atoms with Crippen molar-refractivity contribution in [1.29, 1.82) is 5.26 Å². The van der Waals surface area contributed by atoms with E-state index in [4.69, 9.17) is 5.26 Å². The van der Waals surface area contributed by atoms with Gasteiger partial charge in [-0.25, -0.2) is 17.5 Å². The summed E-state index contributed by atoms with van der Waals surface area (Å²) in [7, 11) is -4.07. The van der Waals surface area contributed by atoms with E-state index in [2.05, 4.69) is 0 Å². The maximum absolute atomic E-state index is 12.4. The van der Waals surface area contributed by atoms with Crippen molar-refractivity contribution >= 4 is 43.4 Å². The molecule has 0 unspecified atom stereocenters. The van der Waals surface area contributed by atoms with Gasteiger partial charge in [-0.15, -0.1) is 11.3 Å². The van der Waals surface area contributed by atoms with Gasteiger partial charge in [-0.05, 0) is 29.7 Å². The average Bonchev–Trinajstić information content (AvgIpc) is 3.01. The predicted molar refractivity (Wildman–Crippen MR) is 74.0 cm³/mol. The molecule has 1 N–H and O–H groups in total. The van der Waals surface area contributed by atoms with E-state index >= 15 is 0 Å². The van der Waals surface area contributed by atoms with Crippen LogP contribution in [0.1, 0.15) is 5.56 Å². The minimum atomic E-state index is -4.07. The summed E-state index contributed by atoms with van der Waals surface area (Å²) < 4.78 is 25.9. The first-order chi connectivity index (χ1) is 9.91. The van der Waals surface area contributed by atoms with Gasteiger partial charge in [0.25, 0.3) is 10.0 Å². The summed E-state index contributed by atoms with van der Waals surface area (Å²) in [5.41, 5.74) is 0.415. The third-order valence-electron chi connectivity index (χ3n) is 2.93. The second-order valence-corrected chi connectivity index (χ2v) is 7.47. The van der Waals surface area contributed by atoms with Gasteiger partial charge < -0.3 is 0 Å². The zero-order valence-electron chi connectivity index (χ0n) is 10.4. The summed E-state index contributed by atoms with van der Waals surface area (Å²) in [5, 5.41) is 11.4. The monoisotopic (exact) mass is 321 g/mol. The Labute approximate surface area is 123 Å². The van der Waals surface area contributed by atoms with Crippen molar-refractivity contribution in [1.82, 2.24) is 9.62 Å². The topological polar surface area (TPSA) is 107 Å². The van der Waals surface area contributed by atoms with E-state index in [-0.39, 0.29) is 4.21 Å². The van der Waals surface area contributed by atoms with Crippen LogP contribution in [0.2, 0.25) is 0 Å². The summed E-state index contributed by atoms with van der Waals surface area (Å²) in [6, 6.07) is 7.22. The zero-order chi connectivity index (χ0) is 15.2. The van der Waals surface area contributed by atoms with Gasteiger partial charge >= 0.3 is 6.03 Å². The Morgan fingerprint density at radius 2 is 2.05 bits per heavy atom. The van der Waals surface area contributed by atoms with Gasteiger partial charge in [0.1, 0.15) is 10.8 Å².